The SMILES string of the molecule is CC(=O)N[C@@]1(S(=O)(=O)O)C(O)O[C@H](CO)[C@@H](O)[C@@H]1O. The molecule has 0 radical (unpaired) electrons. The smallest absolute Gasteiger partial charge is 0.297 e. The highest BCUT2D eigenvalue weighted by Gasteiger charge is 2.63. The van der Waals surface area contributed by atoms with E-state index in [2.05, 4.69) is 4.74 Å². The summed E-state index contributed by atoms with van der Waals surface area (Å²) < 4.78 is 36.5. The van der Waals surface area contributed by atoms with E-state index in [4.69, 9.17) is 9.66 Å². The van der Waals surface area contributed by atoms with Crippen molar-refractivity contribution in [2.75, 3.05) is 6.61 Å². The first kappa shape index (κ1) is 16.2. The summed E-state index contributed by atoms with van der Waals surface area (Å²) in [6, 6.07) is 0. The highest BCUT2D eigenvalue weighted by atomic mass is 32.2. The molecule has 0 aromatic heterocycles. The summed E-state index contributed by atoms with van der Waals surface area (Å²) in [5.74, 6) is -1.01. The zero-order valence-corrected chi connectivity index (χ0v) is 10.6. The van der Waals surface area contributed by atoms with Gasteiger partial charge in [-0.1, -0.05) is 0 Å². The van der Waals surface area contributed by atoms with Crippen LogP contribution in [-0.4, -0.2) is 75.4 Å². The molecule has 10 nitrogen and oxygen atoms in total. The molecule has 0 aromatic rings. The fourth-order valence-corrected chi connectivity index (χ4v) is 2.88. The van der Waals surface area contributed by atoms with Gasteiger partial charge in [-0.2, -0.15) is 8.42 Å². The third-order valence-electron chi connectivity index (χ3n) is 2.79. The molecule has 1 aliphatic rings. The third-order valence-corrected chi connectivity index (χ3v) is 4.19. The molecule has 1 amide bonds. The second kappa shape index (κ2) is 5.28. The maximum Gasteiger partial charge on any atom is 0.297 e. The predicted molar refractivity (Wildman–Crippen MR) is 58.1 cm³/mol. The maximum absolute atomic E-state index is 11.4. The van der Waals surface area contributed by atoms with E-state index in [1.807, 2.05) is 0 Å². The zero-order chi connectivity index (χ0) is 15.0. The molecular formula is C8H15NO9S. The third kappa shape index (κ3) is 2.58. The fraction of sp³-hybridized carbons (Fsp3) is 0.875. The van der Waals surface area contributed by atoms with Gasteiger partial charge in [0.05, 0.1) is 6.61 Å². The minimum absolute atomic E-state index is 0.823. The molecule has 11 heteroatoms. The largest absolute Gasteiger partial charge is 0.394 e. The molecule has 1 heterocycles. The van der Waals surface area contributed by atoms with Crippen LogP contribution in [0.3, 0.4) is 0 Å². The molecule has 0 aliphatic carbocycles. The van der Waals surface area contributed by atoms with Gasteiger partial charge in [-0.05, 0) is 0 Å². The summed E-state index contributed by atoms with van der Waals surface area (Å²) in [6.07, 6.45) is -8.13. The van der Waals surface area contributed by atoms with Crippen molar-refractivity contribution in [3.05, 3.63) is 0 Å². The van der Waals surface area contributed by atoms with Crippen LogP contribution in [0.25, 0.3) is 0 Å². The summed E-state index contributed by atoms with van der Waals surface area (Å²) in [4.78, 5) is 7.98. The summed E-state index contributed by atoms with van der Waals surface area (Å²) >= 11 is 0. The Bertz CT molecular complexity index is 451. The van der Waals surface area contributed by atoms with E-state index >= 15 is 0 Å². The number of hydrogen-bond donors (Lipinski definition) is 6. The van der Waals surface area contributed by atoms with Crippen molar-refractivity contribution in [1.29, 1.82) is 0 Å². The number of aliphatic hydroxyl groups excluding tert-OH is 4. The highest BCUT2D eigenvalue weighted by molar-refractivity contribution is 7.87. The van der Waals surface area contributed by atoms with Crippen LogP contribution in [0.15, 0.2) is 0 Å². The Kier molecular flexibility index (Phi) is 4.51. The molecule has 1 unspecified atom stereocenters. The molecule has 0 aromatic carbocycles. The second-order valence-corrected chi connectivity index (χ2v) is 5.72. The lowest BCUT2D eigenvalue weighted by Gasteiger charge is -2.46. The van der Waals surface area contributed by atoms with Crippen molar-refractivity contribution in [2.45, 2.75) is 36.4 Å². The number of rotatable bonds is 3. The molecule has 1 rings (SSSR count). The van der Waals surface area contributed by atoms with Crippen molar-refractivity contribution in [3.8, 4) is 0 Å². The van der Waals surface area contributed by atoms with Crippen LogP contribution in [0.2, 0.25) is 0 Å². The van der Waals surface area contributed by atoms with Crippen LogP contribution < -0.4 is 5.32 Å². The average Bonchev–Trinajstić information content (AvgIpc) is 2.27. The van der Waals surface area contributed by atoms with Gasteiger partial charge >= 0.3 is 0 Å². The second-order valence-electron chi connectivity index (χ2n) is 4.09. The number of carbonyl (C=O) groups excluding carboxylic acids is 1. The molecule has 1 fully saturated rings. The van der Waals surface area contributed by atoms with Gasteiger partial charge in [0.15, 0.2) is 6.29 Å². The highest BCUT2D eigenvalue weighted by Crippen LogP contribution is 2.32. The Morgan fingerprint density at radius 1 is 1.37 bits per heavy atom. The summed E-state index contributed by atoms with van der Waals surface area (Å²) in [7, 11) is -5.24. The molecule has 0 saturated carbocycles. The Morgan fingerprint density at radius 2 is 1.89 bits per heavy atom. The van der Waals surface area contributed by atoms with Crippen LogP contribution in [0.4, 0.5) is 0 Å². The molecule has 1 aliphatic heterocycles. The fourth-order valence-electron chi connectivity index (χ4n) is 1.86. The van der Waals surface area contributed by atoms with Crippen LogP contribution in [0.5, 0.6) is 0 Å². The maximum atomic E-state index is 11.4. The van der Waals surface area contributed by atoms with Gasteiger partial charge in [0.25, 0.3) is 10.1 Å². The Hall–Kier alpha value is -0.820. The van der Waals surface area contributed by atoms with Crippen LogP contribution >= 0.6 is 0 Å². The topological polar surface area (TPSA) is 174 Å². The van der Waals surface area contributed by atoms with E-state index in [1.165, 1.54) is 0 Å². The Morgan fingerprint density at radius 3 is 2.26 bits per heavy atom. The van der Waals surface area contributed by atoms with E-state index in [0.717, 1.165) is 6.92 Å². The van der Waals surface area contributed by atoms with E-state index in [0.29, 0.717) is 0 Å². The standard InChI is InChI=1S/C8H15NO9S/c1-3(11)9-8(19(15,16)17)6(13)5(12)4(2-10)18-7(8)14/h4-7,10,12-14H,2H2,1H3,(H,9,11)(H,15,16,17)/t4-,5-,6+,7?,8+/m1/s1. The summed E-state index contributed by atoms with van der Waals surface area (Å²) in [5.41, 5.74) is 0. The van der Waals surface area contributed by atoms with E-state index in [9.17, 15) is 28.5 Å². The molecule has 5 atom stereocenters. The predicted octanol–water partition coefficient (Wildman–Crippen LogP) is -3.86. The van der Waals surface area contributed by atoms with Gasteiger partial charge in [0.1, 0.15) is 18.3 Å². The van der Waals surface area contributed by atoms with Crippen molar-refractivity contribution in [3.63, 3.8) is 0 Å². The molecule has 112 valence electrons. The minimum Gasteiger partial charge on any atom is -0.394 e. The summed E-state index contributed by atoms with van der Waals surface area (Å²) in [6.45, 7) is 0.0494. The number of hydrogen-bond acceptors (Lipinski definition) is 8. The number of ether oxygens (including phenoxy) is 1. The lowest BCUT2D eigenvalue weighted by molar-refractivity contribution is -0.265. The van der Waals surface area contributed by atoms with E-state index in [-0.39, 0.29) is 0 Å². The first-order valence-electron chi connectivity index (χ1n) is 5.14. The average molecular weight is 301 g/mol. The number of carbonyl (C=O) groups is 1. The van der Waals surface area contributed by atoms with Crippen molar-refractivity contribution < 1.29 is 42.9 Å². The van der Waals surface area contributed by atoms with Gasteiger partial charge in [0.2, 0.25) is 10.8 Å². The van der Waals surface area contributed by atoms with E-state index < -0.39 is 52.1 Å². The van der Waals surface area contributed by atoms with Crippen molar-refractivity contribution in [1.82, 2.24) is 5.32 Å². The quantitative estimate of drug-likeness (QED) is 0.285. The van der Waals surface area contributed by atoms with Gasteiger partial charge in [-0.15, -0.1) is 0 Å². The summed E-state index contributed by atoms with van der Waals surface area (Å²) in [5, 5.41) is 39.5. The monoisotopic (exact) mass is 301 g/mol. The zero-order valence-electron chi connectivity index (χ0n) is 9.79. The molecule has 1 saturated heterocycles. The molecule has 0 spiro atoms. The lowest BCUT2D eigenvalue weighted by atomic mass is 9.96. The van der Waals surface area contributed by atoms with Crippen LogP contribution in [0.1, 0.15) is 6.92 Å². The lowest BCUT2D eigenvalue weighted by Crippen LogP contribution is -2.76. The molecule has 19 heavy (non-hydrogen) atoms. The minimum atomic E-state index is -5.24. The molecule has 0 bridgehead atoms. The Labute approximate surface area is 108 Å². The first-order chi connectivity index (χ1) is 8.57. The van der Waals surface area contributed by atoms with Gasteiger partial charge in [-0.25, -0.2) is 0 Å². The molecular weight excluding hydrogens is 286 g/mol. The number of amides is 1. The number of aliphatic hydroxyl groups is 4. The van der Waals surface area contributed by atoms with Crippen LogP contribution in [-0.2, 0) is 19.6 Å². The molecule has 6 N–H and O–H groups in total. The van der Waals surface area contributed by atoms with Crippen molar-refractivity contribution >= 4 is 16.0 Å². The first-order valence-corrected chi connectivity index (χ1v) is 6.58. The number of nitrogens with one attached hydrogen (secondary N) is 1. The van der Waals surface area contributed by atoms with Gasteiger partial charge in [0, 0.05) is 6.92 Å². The van der Waals surface area contributed by atoms with Crippen LogP contribution in [0, 0.1) is 0 Å². The normalized spacial score (nSPS) is 39.9. The van der Waals surface area contributed by atoms with Gasteiger partial charge in [-0.3, -0.25) is 9.35 Å². The van der Waals surface area contributed by atoms with Gasteiger partial charge < -0.3 is 30.5 Å². The van der Waals surface area contributed by atoms with Crippen molar-refractivity contribution in [2.24, 2.45) is 0 Å². The van der Waals surface area contributed by atoms with E-state index in [1.54, 1.807) is 5.32 Å². The Balaban J connectivity index is 3.34.